The van der Waals surface area contributed by atoms with E-state index in [4.69, 9.17) is 0 Å². The van der Waals surface area contributed by atoms with Gasteiger partial charge in [-0.05, 0) is 18.9 Å². The van der Waals surface area contributed by atoms with Gasteiger partial charge in [0.15, 0.2) is 5.17 Å². The van der Waals surface area contributed by atoms with Crippen LogP contribution in [0.3, 0.4) is 0 Å². The Morgan fingerprint density at radius 2 is 2.09 bits per heavy atom. The number of amidine groups is 1. The van der Waals surface area contributed by atoms with Gasteiger partial charge < -0.3 is 9.80 Å². The molecule has 23 heavy (non-hydrogen) atoms. The molecule has 0 spiro atoms. The second-order valence-corrected chi connectivity index (χ2v) is 7.74. The molecule has 7 heteroatoms. The SMILES string of the molecule is Cc1nn(C)cc1CCC(=O)N1CCN(C2=NCC(C)S2)CC1. The predicted molar refractivity (Wildman–Crippen MR) is 93.8 cm³/mol. The van der Waals surface area contributed by atoms with E-state index in [2.05, 4.69) is 21.9 Å². The monoisotopic (exact) mass is 335 g/mol. The van der Waals surface area contributed by atoms with E-state index in [1.165, 1.54) is 5.56 Å². The van der Waals surface area contributed by atoms with Crippen LogP contribution in [0.15, 0.2) is 11.2 Å². The van der Waals surface area contributed by atoms with Crippen molar-refractivity contribution in [3.63, 3.8) is 0 Å². The summed E-state index contributed by atoms with van der Waals surface area (Å²) < 4.78 is 1.81. The summed E-state index contributed by atoms with van der Waals surface area (Å²) in [6.45, 7) is 8.54. The number of aryl methyl sites for hydroxylation is 3. The molecule has 2 aliphatic rings. The lowest BCUT2D eigenvalue weighted by Gasteiger charge is -2.35. The molecule has 3 heterocycles. The Bertz CT molecular complexity index is 604. The van der Waals surface area contributed by atoms with Crippen LogP contribution in [-0.2, 0) is 18.3 Å². The van der Waals surface area contributed by atoms with Crippen molar-refractivity contribution in [3.05, 3.63) is 17.5 Å². The molecule has 0 bridgehead atoms. The van der Waals surface area contributed by atoms with E-state index in [9.17, 15) is 4.79 Å². The number of rotatable bonds is 3. The summed E-state index contributed by atoms with van der Waals surface area (Å²) in [7, 11) is 1.92. The van der Waals surface area contributed by atoms with Crippen molar-refractivity contribution in [2.75, 3.05) is 32.7 Å². The second-order valence-electron chi connectivity index (χ2n) is 6.33. The Hall–Kier alpha value is -1.50. The van der Waals surface area contributed by atoms with Gasteiger partial charge in [0.1, 0.15) is 0 Å². The highest BCUT2D eigenvalue weighted by Gasteiger charge is 2.26. The lowest BCUT2D eigenvalue weighted by Crippen LogP contribution is -2.49. The number of hydrogen-bond donors (Lipinski definition) is 0. The Morgan fingerprint density at radius 1 is 1.35 bits per heavy atom. The molecule has 1 fully saturated rings. The topological polar surface area (TPSA) is 53.7 Å². The molecule has 1 amide bonds. The van der Waals surface area contributed by atoms with E-state index >= 15 is 0 Å². The smallest absolute Gasteiger partial charge is 0.223 e. The number of thioether (sulfide) groups is 1. The molecule has 1 atom stereocenters. The first kappa shape index (κ1) is 16.4. The third-order valence-corrected chi connectivity index (χ3v) is 5.57. The molecule has 1 unspecified atom stereocenters. The van der Waals surface area contributed by atoms with Gasteiger partial charge in [-0.15, -0.1) is 0 Å². The average molecular weight is 335 g/mol. The Balaban J connectivity index is 1.46. The number of hydrogen-bond acceptors (Lipinski definition) is 5. The summed E-state index contributed by atoms with van der Waals surface area (Å²) in [4.78, 5) is 21.3. The van der Waals surface area contributed by atoms with Crippen molar-refractivity contribution >= 4 is 22.8 Å². The van der Waals surface area contributed by atoms with E-state index in [1.807, 2.05) is 41.5 Å². The first-order chi connectivity index (χ1) is 11.0. The molecule has 6 nitrogen and oxygen atoms in total. The molecular formula is C16H25N5OS. The standard InChI is InChI=1S/C16H25N5OS/c1-12-10-17-16(23-12)21-8-6-20(7-9-21)15(22)5-4-14-11-19(3)18-13(14)2/h11-12H,4-10H2,1-3H3. The van der Waals surface area contributed by atoms with Crippen molar-refractivity contribution < 1.29 is 4.79 Å². The van der Waals surface area contributed by atoms with Crippen LogP contribution in [0.2, 0.25) is 0 Å². The molecular weight excluding hydrogens is 310 g/mol. The van der Waals surface area contributed by atoms with Gasteiger partial charge >= 0.3 is 0 Å². The Kier molecular flexibility index (Phi) is 4.94. The van der Waals surface area contributed by atoms with Crippen molar-refractivity contribution in [2.24, 2.45) is 12.0 Å². The van der Waals surface area contributed by atoms with Crippen LogP contribution in [0.1, 0.15) is 24.6 Å². The van der Waals surface area contributed by atoms with Gasteiger partial charge in [0.2, 0.25) is 5.91 Å². The number of carbonyl (C=O) groups excluding carboxylic acids is 1. The highest BCUT2D eigenvalue weighted by molar-refractivity contribution is 8.14. The van der Waals surface area contributed by atoms with Crippen LogP contribution in [0, 0.1) is 6.92 Å². The molecule has 0 saturated carbocycles. The van der Waals surface area contributed by atoms with Crippen LogP contribution in [-0.4, -0.2) is 68.6 Å². The van der Waals surface area contributed by atoms with Crippen LogP contribution >= 0.6 is 11.8 Å². The van der Waals surface area contributed by atoms with Gasteiger partial charge in [-0.25, -0.2) is 0 Å². The van der Waals surface area contributed by atoms with Gasteiger partial charge in [-0.3, -0.25) is 14.5 Å². The first-order valence-electron chi connectivity index (χ1n) is 8.26. The summed E-state index contributed by atoms with van der Waals surface area (Å²) in [6, 6.07) is 0. The number of nitrogens with zero attached hydrogens (tertiary/aromatic N) is 5. The van der Waals surface area contributed by atoms with Gasteiger partial charge in [-0.2, -0.15) is 5.10 Å². The first-order valence-corrected chi connectivity index (χ1v) is 9.14. The maximum absolute atomic E-state index is 12.4. The molecule has 0 N–H and O–H groups in total. The van der Waals surface area contributed by atoms with Gasteiger partial charge in [-0.1, -0.05) is 18.7 Å². The normalized spacial score (nSPS) is 21.7. The molecule has 126 valence electrons. The average Bonchev–Trinajstić information content (AvgIpc) is 3.10. The minimum Gasteiger partial charge on any atom is -0.348 e. The van der Waals surface area contributed by atoms with Crippen LogP contribution in [0.25, 0.3) is 0 Å². The molecule has 1 saturated heterocycles. The Morgan fingerprint density at radius 3 is 2.65 bits per heavy atom. The van der Waals surface area contributed by atoms with Crippen molar-refractivity contribution in [1.82, 2.24) is 19.6 Å². The summed E-state index contributed by atoms with van der Waals surface area (Å²) in [5.41, 5.74) is 2.20. The van der Waals surface area contributed by atoms with E-state index < -0.39 is 0 Å². The fourth-order valence-electron chi connectivity index (χ4n) is 3.08. The maximum Gasteiger partial charge on any atom is 0.223 e. The lowest BCUT2D eigenvalue weighted by atomic mass is 10.1. The fourth-order valence-corrected chi connectivity index (χ4v) is 4.07. The van der Waals surface area contributed by atoms with Crippen LogP contribution in [0.5, 0.6) is 0 Å². The van der Waals surface area contributed by atoms with Crippen molar-refractivity contribution in [3.8, 4) is 0 Å². The van der Waals surface area contributed by atoms with Gasteiger partial charge in [0, 0.05) is 51.1 Å². The molecule has 1 aromatic heterocycles. The number of amides is 1. The highest BCUT2D eigenvalue weighted by Crippen LogP contribution is 2.23. The van der Waals surface area contributed by atoms with E-state index in [1.54, 1.807) is 0 Å². The van der Waals surface area contributed by atoms with Crippen molar-refractivity contribution in [2.45, 2.75) is 31.9 Å². The zero-order valence-corrected chi connectivity index (χ0v) is 15.0. The van der Waals surface area contributed by atoms with Crippen LogP contribution in [0.4, 0.5) is 0 Å². The third kappa shape index (κ3) is 3.88. The predicted octanol–water partition coefficient (Wildman–Crippen LogP) is 1.30. The fraction of sp³-hybridized carbons (Fsp3) is 0.688. The quantitative estimate of drug-likeness (QED) is 0.835. The van der Waals surface area contributed by atoms with E-state index in [0.29, 0.717) is 11.7 Å². The summed E-state index contributed by atoms with van der Waals surface area (Å²) in [5.74, 6) is 0.252. The summed E-state index contributed by atoms with van der Waals surface area (Å²) in [6.07, 6.45) is 3.36. The largest absolute Gasteiger partial charge is 0.348 e. The molecule has 1 aromatic rings. The minimum atomic E-state index is 0.252. The number of aromatic nitrogens is 2. The number of piperazine rings is 1. The minimum absolute atomic E-state index is 0.252. The van der Waals surface area contributed by atoms with Crippen molar-refractivity contribution in [1.29, 1.82) is 0 Å². The number of carbonyl (C=O) groups is 1. The van der Waals surface area contributed by atoms with E-state index in [0.717, 1.165) is 50.0 Å². The Labute approximate surface area is 141 Å². The zero-order valence-electron chi connectivity index (χ0n) is 14.2. The highest BCUT2D eigenvalue weighted by atomic mass is 32.2. The second kappa shape index (κ2) is 6.95. The van der Waals surface area contributed by atoms with Crippen LogP contribution < -0.4 is 0 Å². The lowest BCUT2D eigenvalue weighted by molar-refractivity contribution is -0.132. The van der Waals surface area contributed by atoms with E-state index in [-0.39, 0.29) is 5.91 Å². The zero-order chi connectivity index (χ0) is 16.4. The molecule has 0 aromatic carbocycles. The van der Waals surface area contributed by atoms with Gasteiger partial charge in [0.25, 0.3) is 0 Å². The summed E-state index contributed by atoms with van der Waals surface area (Å²) in [5, 5.41) is 6.08. The number of aliphatic imine (C=N–C) groups is 1. The molecule has 3 rings (SSSR count). The molecule has 0 aliphatic carbocycles. The summed E-state index contributed by atoms with van der Waals surface area (Å²) >= 11 is 1.86. The molecule has 2 aliphatic heterocycles. The van der Waals surface area contributed by atoms with Gasteiger partial charge in [0.05, 0.1) is 12.2 Å². The third-order valence-electron chi connectivity index (χ3n) is 4.42. The maximum atomic E-state index is 12.4. The molecule has 0 radical (unpaired) electrons.